The van der Waals surface area contributed by atoms with Crippen molar-refractivity contribution in [1.29, 1.82) is 0 Å². The smallest absolute Gasteiger partial charge is 0.407 e. The molecule has 2 aromatic heterocycles. The zero-order chi connectivity index (χ0) is 18.1. The molecule has 1 fully saturated rings. The maximum atomic E-state index is 11.1. The molecule has 0 unspecified atom stereocenters. The average molecular weight is 354 g/mol. The van der Waals surface area contributed by atoms with Crippen LogP contribution in [0.3, 0.4) is 0 Å². The summed E-state index contributed by atoms with van der Waals surface area (Å²) in [6.07, 6.45) is 0.703. The Kier molecular flexibility index (Phi) is 4.28. The summed E-state index contributed by atoms with van der Waals surface area (Å²) in [5.74, 6) is 2.57. The van der Waals surface area contributed by atoms with Gasteiger partial charge in [-0.3, -0.25) is 0 Å². The van der Waals surface area contributed by atoms with Crippen LogP contribution in [-0.2, 0) is 6.54 Å². The Balaban J connectivity index is 1.58. The summed E-state index contributed by atoms with van der Waals surface area (Å²) in [6.45, 7) is 3.63. The number of carbonyl (C=O) groups is 1. The molecule has 0 saturated carbocycles. The number of benzene rings is 1. The second kappa shape index (κ2) is 6.74. The number of rotatable bonds is 4. The first-order valence-corrected chi connectivity index (χ1v) is 8.85. The van der Waals surface area contributed by atoms with E-state index in [0.29, 0.717) is 19.6 Å². The van der Waals surface area contributed by atoms with Crippen molar-refractivity contribution in [2.24, 2.45) is 0 Å². The molecule has 136 valence electrons. The monoisotopic (exact) mass is 354 g/mol. The summed E-state index contributed by atoms with van der Waals surface area (Å²) < 4.78 is 7.87. The zero-order valence-corrected chi connectivity index (χ0v) is 14.7. The summed E-state index contributed by atoms with van der Waals surface area (Å²) in [5, 5.41) is 12.6. The van der Waals surface area contributed by atoms with Crippen LogP contribution in [0.4, 0.5) is 10.7 Å². The van der Waals surface area contributed by atoms with Gasteiger partial charge in [0.1, 0.15) is 11.5 Å². The highest BCUT2D eigenvalue weighted by Crippen LogP contribution is 2.24. The van der Waals surface area contributed by atoms with Gasteiger partial charge in [-0.2, -0.15) is 0 Å². The number of aromatic nitrogens is 2. The first-order valence-electron chi connectivity index (χ1n) is 8.85. The minimum Gasteiger partial charge on any atom is -0.465 e. The fourth-order valence-corrected chi connectivity index (χ4v) is 3.47. The zero-order valence-electron chi connectivity index (χ0n) is 14.7. The Morgan fingerprint density at radius 1 is 1.27 bits per heavy atom. The first kappa shape index (κ1) is 16.5. The Labute approximate surface area is 151 Å². The molecule has 0 radical (unpaired) electrons. The number of piperidine rings is 1. The van der Waals surface area contributed by atoms with Crippen molar-refractivity contribution in [3.63, 3.8) is 0 Å². The van der Waals surface area contributed by atoms with Crippen molar-refractivity contribution >= 4 is 23.1 Å². The lowest BCUT2D eigenvalue weighted by atomic mass is 10.1. The number of fused-ring (bicyclic) bond motifs is 1. The van der Waals surface area contributed by atoms with Crippen LogP contribution >= 0.6 is 0 Å². The van der Waals surface area contributed by atoms with Crippen LogP contribution in [-0.4, -0.2) is 44.8 Å². The van der Waals surface area contributed by atoms with Gasteiger partial charge in [0.05, 0.1) is 17.6 Å². The third kappa shape index (κ3) is 3.24. The van der Waals surface area contributed by atoms with Crippen molar-refractivity contribution in [1.82, 2.24) is 14.5 Å². The van der Waals surface area contributed by atoms with Gasteiger partial charge in [-0.15, -0.1) is 0 Å². The SMILES string of the molecule is Cc1ccc(Cn2c(NC3CCN(C(=O)O)CC3)nc3ccccc32)o1. The van der Waals surface area contributed by atoms with Crippen LogP contribution in [0.1, 0.15) is 24.4 Å². The standard InChI is InChI=1S/C19H22N4O3/c1-13-6-7-15(26-13)12-23-17-5-3-2-4-16(17)21-18(23)20-14-8-10-22(11-9-14)19(24)25/h2-7,14H,8-12H2,1H3,(H,20,21)(H,24,25). The molecular weight excluding hydrogens is 332 g/mol. The highest BCUT2D eigenvalue weighted by atomic mass is 16.4. The highest BCUT2D eigenvalue weighted by Gasteiger charge is 2.24. The Morgan fingerprint density at radius 3 is 2.73 bits per heavy atom. The van der Waals surface area contributed by atoms with E-state index >= 15 is 0 Å². The fraction of sp³-hybridized carbons (Fsp3) is 0.368. The number of furan rings is 1. The molecule has 2 N–H and O–H groups in total. The van der Waals surface area contributed by atoms with Gasteiger partial charge >= 0.3 is 6.09 Å². The minimum atomic E-state index is -0.844. The topological polar surface area (TPSA) is 83.5 Å². The van der Waals surface area contributed by atoms with E-state index in [1.165, 1.54) is 4.90 Å². The molecule has 0 spiro atoms. The van der Waals surface area contributed by atoms with E-state index in [2.05, 4.69) is 16.0 Å². The summed E-state index contributed by atoms with van der Waals surface area (Å²) in [7, 11) is 0. The normalized spacial score (nSPS) is 15.5. The highest BCUT2D eigenvalue weighted by molar-refractivity contribution is 5.78. The molecule has 4 rings (SSSR count). The molecule has 1 aliphatic heterocycles. The quantitative estimate of drug-likeness (QED) is 0.749. The maximum Gasteiger partial charge on any atom is 0.407 e. The largest absolute Gasteiger partial charge is 0.465 e. The first-order chi connectivity index (χ1) is 12.6. The van der Waals surface area contributed by atoms with Crippen LogP contribution in [0.2, 0.25) is 0 Å². The molecule has 0 atom stereocenters. The Hall–Kier alpha value is -2.96. The Bertz CT molecular complexity index is 922. The molecule has 3 heterocycles. The van der Waals surface area contributed by atoms with Gasteiger partial charge < -0.3 is 24.3 Å². The van der Waals surface area contributed by atoms with Gasteiger partial charge in [0.15, 0.2) is 0 Å². The van der Waals surface area contributed by atoms with E-state index in [1.807, 2.05) is 37.3 Å². The number of likely N-dealkylation sites (tertiary alicyclic amines) is 1. The summed E-state index contributed by atoms with van der Waals surface area (Å²) in [4.78, 5) is 17.3. The Morgan fingerprint density at radius 2 is 2.04 bits per heavy atom. The molecular formula is C19H22N4O3. The van der Waals surface area contributed by atoms with Crippen molar-refractivity contribution in [3.05, 3.63) is 47.9 Å². The average Bonchev–Trinajstić information content (AvgIpc) is 3.20. The number of para-hydroxylation sites is 2. The number of imidazole rings is 1. The molecule has 26 heavy (non-hydrogen) atoms. The lowest BCUT2D eigenvalue weighted by molar-refractivity contribution is 0.133. The number of amides is 1. The molecule has 1 aromatic carbocycles. The maximum absolute atomic E-state index is 11.1. The van der Waals surface area contributed by atoms with Crippen molar-refractivity contribution in [2.45, 2.75) is 32.4 Å². The van der Waals surface area contributed by atoms with Gasteiger partial charge in [0, 0.05) is 19.1 Å². The van der Waals surface area contributed by atoms with E-state index in [4.69, 9.17) is 14.5 Å². The third-order valence-electron chi connectivity index (χ3n) is 4.86. The van der Waals surface area contributed by atoms with E-state index in [9.17, 15) is 4.79 Å². The molecule has 3 aromatic rings. The molecule has 0 bridgehead atoms. The van der Waals surface area contributed by atoms with Gasteiger partial charge in [-0.25, -0.2) is 9.78 Å². The number of hydrogen-bond donors (Lipinski definition) is 2. The third-order valence-corrected chi connectivity index (χ3v) is 4.86. The molecule has 1 amide bonds. The number of anilines is 1. The predicted octanol–water partition coefficient (Wildman–Crippen LogP) is 3.54. The summed E-state index contributed by atoms with van der Waals surface area (Å²) in [6, 6.07) is 12.2. The van der Waals surface area contributed by atoms with E-state index in [0.717, 1.165) is 41.3 Å². The van der Waals surface area contributed by atoms with Crippen molar-refractivity contribution in [3.8, 4) is 0 Å². The number of hydrogen-bond acceptors (Lipinski definition) is 4. The van der Waals surface area contributed by atoms with Crippen LogP contribution in [0.25, 0.3) is 11.0 Å². The van der Waals surface area contributed by atoms with Gasteiger partial charge in [0.2, 0.25) is 5.95 Å². The van der Waals surface area contributed by atoms with Crippen molar-refractivity contribution < 1.29 is 14.3 Å². The van der Waals surface area contributed by atoms with Crippen LogP contribution < -0.4 is 5.32 Å². The summed E-state index contributed by atoms with van der Waals surface area (Å²) >= 11 is 0. The molecule has 1 saturated heterocycles. The van der Waals surface area contributed by atoms with Crippen LogP contribution in [0, 0.1) is 6.92 Å². The lowest BCUT2D eigenvalue weighted by Gasteiger charge is -2.30. The number of aryl methyl sites for hydroxylation is 1. The van der Waals surface area contributed by atoms with Crippen LogP contribution in [0.5, 0.6) is 0 Å². The molecule has 7 heteroatoms. The second-order valence-electron chi connectivity index (χ2n) is 6.71. The number of nitrogens with one attached hydrogen (secondary N) is 1. The molecule has 7 nitrogen and oxygen atoms in total. The van der Waals surface area contributed by atoms with Crippen molar-refractivity contribution in [2.75, 3.05) is 18.4 Å². The van der Waals surface area contributed by atoms with E-state index in [1.54, 1.807) is 0 Å². The van der Waals surface area contributed by atoms with Gasteiger partial charge in [-0.05, 0) is 44.0 Å². The van der Waals surface area contributed by atoms with Crippen LogP contribution in [0.15, 0.2) is 40.8 Å². The minimum absolute atomic E-state index is 0.208. The van der Waals surface area contributed by atoms with E-state index in [-0.39, 0.29) is 6.04 Å². The predicted molar refractivity (Wildman–Crippen MR) is 98.5 cm³/mol. The molecule has 1 aliphatic rings. The lowest BCUT2D eigenvalue weighted by Crippen LogP contribution is -2.42. The number of carboxylic acid groups (broad SMARTS) is 1. The fourth-order valence-electron chi connectivity index (χ4n) is 3.47. The van der Waals surface area contributed by atoms with E-state index < -0.39 is 6.09 Å². The number of nitrogens with zero attached hydrogens (tertiary/aromatic N) is 3. The second-order valence-corrected chi connectivity index (χ2v) is 6.71. The summed E-state index contributed by atoms with van der Waals surface area (Å²) in [5.41, 5.74) is 1.98. The molecule has 0 aliphatic carbocycles. The van der Waals surface area contributed by atoms with Gasteiger partial charge in [-0.1, -0.05) is 12.1 Å². The van der Waals surface area contributed by atoms with Gasteiger partial charge in [0.25, 0.3) is 0 Å².